The van der Waals surface area contributed by atoms with Crippen molar-refractivity contribution in [3.8, 4) is 0 Å². The van der Waals surface area contributed by atoms with E-state index in [9.17, 15) is 13.2 Å². The molecule has 0 heterocycles. The average Bonchev–Trinajstić information content (AvgIpc) is 2.74. The first-order valence-corrected chi connectivity index (χ1v) is 10.9. The molecule has 0 fully saturated rings. The molecule has 0 aliphatic rings. The number of benzene rings is 3. The van der Waals surface area contributed by atoms with Gasteiger partial charge in [0.25, 0.3) is 15.9 Å². The van der Waals surface area contributed by atoms with Gasteiger partial charge in [0.15, 0.2) is 0 Å². The molecule has 29 heavy (non-hydrogen) atoms. The van der Waals surface area contributed by atoms with Crippen molar-refractivity contribution >= 4 is 43.8 Å². The SMILES string of the molecule is O=C(CN(c1ccccc1)S(=O)(=O)c1ccccc1)N/N=C\c1ccc(Br)cc1. The van der Waals surface area contributed by atoms with Crippen molar-refractivity contribution in [1.82, 2.24) is 5.43 Å². The molecular formula is C21H18BrN3O3S. The van der Waals surface area contributed by atoms with Crippen molar-refractivity contribution in [2.45, 2.75) is 4.90 Å². The molecule has 3 aromatic rings. The lowest BCUT2D eigenvalue weighted by molar-refractivity contribution is -0.119. The van der Waals surface area contributed by atoms with Crippen LogP contribution in [0.2, 0.25) is 0 Å². The van der Waals surface area contributed by atoms with Crippen LogP contribution in [0.3, 0.4) is 0 Å². The zero-order valence-electron chi connectivity index (χ0n) is 15.3. The molecule has 0 saturated carbocycles. The van der Waals surface area contributed by atoms with E-state index in [0.717, 1.165) is 14.3 Å². The Morgan fingerprint density at radius 1 is 0.931 bits per heavy atom. The molecule has 0 bridgehead atoms. The van der Waals surface area contributed by atoms with E-state index < -0.39 is 22.5 Å². The number of amides is 1. The van der Waals surface area contributed by atoms with Gasteiger partial charge in [-0.05, 0) is 42.0 Å². The number of carbonyl (C=O) groups excluding carboxylic acids is 1. The molecule has 148 valence electrons. The van der Waals surface area contributed by atoms with Crippen molar-refractivity contribution in [3.05, 3.63) is 95.0 Å². The van der Waals surface area contributed by atoms with Crippen LogP contribution in [0.25, 0.3) is 0 Å². The summed E-state index contributed by atoms with van der Waals surface area (Å²) in [4.78, 5) is 12.5. The summed E-state index contributed by atoms with van der Waals surface area (Å²) in [5, 5.41) is 3.91. The minimum Gasteiger partial charge on any atom is -0.271 e. The van der Waals surface area contributed by atoms with Crippen LogP contribution >= 0.6 is 15.9 Å². The fourth-order valence-corrected chi connectivity index (χ4v) is 4.23. The van der Waals surface area contributed by atoms with E-state index in [-0.39, 0.29) is 4.90 Å². The molecule has 8 heteroatoms. The number of hydrazone groups is 1. The number of rotatable bonds is 7. The predicted octanol–water partition coefficient (Wildman–Crippen LogP) is 3.79. The van der Waals surface area contributed by atoms with Gasteiger partial charge in [-0.3, -0.25) is 9.10 Å². The molecule has 1 amide bonds. The van der Waals surface area contributed by atoms with Gasteiger partial charge < -0.3 is 0 Å². The Kier molecular flexibility index (Phi) is 6.79. The van der Waals surface area contributed by atoms with Crippen molar-refractivity contribution in [2.24, 2.45) is 5.10 Å². The summed E-state index contributed by atoms with van der Waals surface area (Å²) in [5.41, 5.74) is 3.57. The lowest BCUT2D eigenvalue weighted by Gasteiger charge is -2.23. The first-order chi connectivity index (χ1) is 14.0. The van der Waals surface area contributed by atoms with Crippen molar-refractivity contribution in [2.75, 3.05) is 10.8 Å². The Hall–Kier alpha value is -2.97. The molecule has 0 aliphatic heterocycles. The Bertz CT molecular complexity index is 1090. The number of hydrogen-bond acceptors (Lipinski definition) is 4. The molecule has 1 N–H and O–H groups in total. The van der Waals surface area contributed by atoms with Crippen LogP contribution < -0.4 is 9.73 Å². The van der Waals surface area contributed by atoms with Crippen LogP contribution in [-0.4, -0.2) is 27.1 Å². The third-order valence-electron chi connectivity index (χ3n) is 3.94. The molecule has 0 unspecified atom stereocenters. The van der Waals surface area contributed by atoms with Crippen LogP contribution in [0.4, 0.5) is 5.69 Å². The largest absolute Gasteiger partial charge is 0.271 e. The molecule has 0 aromatic heterocycles. The number of sulfonamides is 1. The average molecular weight is 472 g/mol. The lowest BCUT2D eigenvalue weighted by atomic mass is 10.2. The summed E-state index contributed by atoms with van der Waals surface area (Å²) in [7, 11) is -3.92. The number of nitrogens with zero attached hydrogens (tertiary/aromatic N) is 2. The van der Waals surface area contributed by atoms with E-state index in [2.05, 4.69) is 26.5 Å². The van der Waals surface area contributed by atoms with Gasteiger partial charge in [0.05, 0.1) is 16.8 Å². The van der Waals surface area contributed by atoms with Gasteiger partial charge in [0, 0.05) is 4.47 Å². The molecule has 3 aromatic carbocycles. The Morgan fingerprint density at radius 2 is 1.52 bits per heavy atom. The zero-order chi connectivity index (χ0) is 20.7. The summed E-state index contributed by atoms with van der Waals surface area (Å²) >= 11 is 3.35. The van der Waals surface area contributed by atoms with Crippen LogP contribution in [0.1, 0.15) is 5.56 Å². The smallest absolute Gasteiger partial charge is 0.264 e. The predicted molar refractivity (Wildman–Crippen MR) is 117 cm³/mol. The first-order valence-electron chi connectivity index (χ1n) is 8.67. The molecule has 0 spiro atoms. The van der Waals surface area contributed by atoms with Gasteiger partial charge in [-0.1, -0.05) is 64.5 Å². The van der Waals surface area contributed by atoms with E-state index in [0.29, 0.717) is 5.69 Å². The maximum Gasteiger partial charge on any atom is 0.264 e. The molecule has 0 atom stereocenters. The lowest BCUT2D eigenvalue weighted by Crippen LogP contribution is -2.39. The van der Waals surface area contributed by atoms with Crippen molar-refractivity contribution < 1.29 is 13.2 Å². The van der Waals surface area contributed by atoms with Gasteiger partial charge in [-0.25, -0.2) is 13.8 Å². The summed E-state index contributed by atoms with van der Waals surface area (Å²) in [6, 6.07) is 23.8. The fourth-order valence-electron chi connectivity index (χ4n) is 2.52. The second kappa shape index (κ2) is 9.49. The topological polar surface area (TPSA) is 78.8 Å². The van der Waals surface area contributed by atoms with E-state index in [1.165, 1.54) is 18.3 Å². The summed E-state index contributed by atoms with van der Waals surface area (Å²) in [6.45, 7) is -0.404. The number of nitrogens with one attached hydrogen (secondary N) is 1. The van der Waals surface area contributed by atoms with E-state index >= 15 is 0 Å². The van der Waals surface area contributed by atoms with E-state index in [4.69, 9.17) is 0 Å². The second-order valence-corrected chi connectivity index (χ2v) is 8.78. The van der Waals surface area contributed by atoms with Gasteiger partial charge in [0.1, 0.15) is 6.54 Å². The minimum atomic E-state index is -3.92. The minimum absolute atomic E-state index is 0.106. The van der Waals surface area contributed by atoms with Crippen LogP contribution in [0, 0.1) is 0 Å². The highest BCUT2D eigenvalue weighted by Gasteiger charge is 2.26. The zero-order valence-corrected chi connectivity index (χ0v) is 17.7. The second-order valence-electron chi connectivity index (χ2n) is 6.01. The summed E-state index contributed by atoms with van der Waals surface area (Å²) in [5.74, 6) is -0.554. The van der Waals surface area contributed by atoms with E-state index in [1.54, 1.807) is 48.5 Å². The first kappa shape index (κ1) is 20.8. The van der Waals surface area contributed by atoms with Gasteiger partial charge in [0.2, 0.25) is 0 Å². The highest BCUT2D eigenvalue weighted by atomic mass is 79.9. The number of carbonyl (C=O) groups is 1. The third-order valence-corrected chi connectivity index (χ3v) is 6.25. The van der Waals surface area contributed by atoms with Crippen LogP contribution in [0.15, 0.2) is 99.4 Å². The fraction of sp³-hybridized carbons (Fsp3) is 0.0476. The molecule has 0 radical (unpaired) electrons. The monoisotopic (exact) mass is 471 g/mol. The summed E-state index contributed by atoms with van der Waals surface area (Å²) in [6.07, 6.45) is 1.49. The van der Waals surface area contributed by atoms with E-state index in [1.807, 2.05) is 24.3 Å². The molecule has 0 aliphatic carbocycles. The van der Waals surface area contributed by atoms with Gasteiger partial charge in [-0.15, -0.1) is 0 Å². The molecule has 3 rings (SSSR count). The maximum atomic E-state index is 13.1. The number of para-hydroxylation sites is 1. The van der Waals surface area contributed by atoms with Crippen molar-refractivity contribution in [1.29, 1.82) is 0 Å². The maximum absolute atomic E-state index is 13.1. The Balaban J connectivity index is 1.78. The van der Waals surface area contributed by atoms with Crippen molar-refractivity contribution in [3.63, 3.8) is 0 Å². The Labute approximate surface area is 178 Å². The van der Waals surface area contributed by atoms with Crippen LogP contribution in [0.5, 0.6) is 0 Å². The van der Waals surface area contributed by atoms with Gasteiger partial charge in [-0.2, -0.15) is 5.10 Å². The quantitative estimate of drug-likeness (QED) is 0.420. The summed E-state index contributed by atoms with van der Waals surface area (Å²) < 4.78 is 28.2. The molecule has 6 nitrogen and oxygen atoms in total. The molecular weight excluding hydrogens is 454 g/mol. The van der Waals surface area contributed by atoms with Gasteiger partial charge >= 0.3 is 0 Å². The highest BCUT2D eigenvalue weighted by Crippen LogP contribution is 2.23. The number of halogens is 1. The standard InChI is InChI=1S/C21H18BrN3O3S/c22-18-13-11-17(12-14-18)15-23-24-21(26)16-25(19-7-3-1-4-8-19)29(27,28)20-9-5-2-6-10-20/h1-15H,16H2,(H,24,26)/b23-15-. The third kappa shape index (κ3) is 5.52. The Morgan fingerprint density at radius 3 is 2.14 bits per heavy atom. The molecule has 0 saturated heterocycles. The number of hydrogen-bond donors (Lipinski definition) is 1. The highest BCUT2D eigenvalue weighted by molar-refractivity contribution is 9.10. The number of anilines is 1. The normalized spacial score (nSPS) is 11.3. The van der Waals surface area contributed by atoms with Crippen LogP contribution in [-0.2, 0) is 14.8 Å².